The van der Waals surface area contributed by atoms with Crippen LogP contribution in [0.15, 0.2) is 33.0 Å². The van der Waals surface area contributed by atoms with Crippen LogP contribution in [-0.2, 0) is 6.54 Å². The van der Waals surface area contributed by atoms with Crippen molar-refractivity contribution < 1.29 is 9.47 Å². The highest BCUT2D eigenvalue weighted by atomic mass is 79.9. The highest BCUT2D eigenvalue weighted by Crippen LogP contribution is 2.43. The number of anilines is 1. The minimum atomic E-state index is 0.241. The number of hydrogen-bond donors (Lipinski definition) is 1. The molecule has 2 N–H and O–H groups in total. The van der Waals surface area contributed by atoms with Crippen molar-refractivity contribution in [3.63, 3.8) is 0 Å². The number of fused-ring (bicyclic) bond motifs is 2. The maximum Gasteiger partial charge on any atom is 0.231 e. The van der Waals surface area contributed by atoms with Gasteiger partial charge in [0.1, 0.15) is 0 Å². The van der Waals surface area contributed by atoms with Gasteiger partial charge in [0.15, 0.2) is 34.0 Å². The van der Waals surface area contributed by atoms with Gasteiger partial charge < -0.3 is 24.7 Å². The van der Waals surface area contributed by atoms with Gasteiger partial charge in [0.25, 0.3) is 0 Å². The third kappa shape index (κ3) is 3.64. The molecule has 1 aromatic carbocycles. The van der Waals surface area contributed by atoms with Gasteiger partial charge in [-0.25, -0.2) is 15.0 Å². The molecule has 1 atom stereocenters. The van der Waals surface area contributed by atoms with Crippen LogP contribution >= 0.6 is 27.7 Å². The van der Waals surface area contributed by atoms with E-state index in [1.54, 1.807) is 6.33 Å². The Labute approximate surface area is 181 Å². The van der Waals surface area contributed by atoms with Crippen molar-refractivity contribution in [1.29, 1.82) is 0 Å². The molecule has 0 bridgehead atoms. The summed E-state index contributed by atoms with van der Waals surface area (Å²) in [6.45, 7) is 2.26. The molecule has 1 saturated heterocycles. The van der Waals surface area contributed by atoms with Crippen molar-refractivity contribution in [3.05, 3.63) is 22.9 Å². The van der Waals surface area contributed by atoms with Gasteiger partial charge >= 0.3 is 0 Å². The number of aryl methyl sites for hydroxylation is 1. The lowest BCUT2D eigenvalue weighted by Crippen LogP contribution is -2.26. The molecule has 1 aromatic rings. The molecule has 4 aliphatic rings. The molecule has 4 heterocycles. The lowest BCUT2D eigenvalue weighted by Gasteiger charge is -2.20. The predicted octanol–water partition coefficient (Wildman–Crippen LogP) is 3.49. The number of imidazole rings is 1. The zero-order valence-corrected chi connectivity index (χ0v) is 18.4. The third-order valence-electron chi connectivity index (χ3n) is 5.47. The first-order chi connectivity index (χ1) is 14.1. The second kappa shape index (κ2) is 7.66. The second-order valence-corrected chi connectivity index (χ2v) is 9.17. The van der Waals surface area contributed by atoms with E-state index in [1.165, 1.54) is 31.1 Å². The number of nitrogen functional groups attached to an aromatic ring is 1. The van der Waals surface area contributed by atoms with Crippen LogP contribution in [0.4, 0.5) is 5.82 Å². The Balaban J connectivity index is 1.41. The number of nitrogens with two attached hydrogens (primary N) is 1. The van der Waals surface area contributed by atoms with E-state index in [1.807, 2.05) is 12.1 Å². The minimum Gasteiger partial charge on any atom is -0.454 e. The van der Waals surface area contributed by atoms with Crippen LogP contribution in [-0.4, -0.2) is 50.8 Å². The molecule has 10 heteroatoms. The van der Waals surface area contributed by atoms with Crippen LogP contribution in [0.5, 0.6) is 11.5 Å². The Morgan fingerprint density at radius 3 is 2.90 bits per heavy atom. The normalized spacial score (nSPS) is 18.8. The quantitative estimate of drug-likeness (QED) is 0.598. The van der Waals surface area contributed by atoms with E-state index in [0.717, 1.165) is 39.7 Å². The fraction of sp³-hybridized carbons (Fsp3) is 0.421. The Morgan fingerprint density at radius 2 is 2.10 bits per heavy atom. The van der Waals surface area contributed by atoms with Gasteiger partial charge in [-0.15, -0.1) is 0 Å². The van der Waals surface area contributed by atoms with Crippen molar-refractivity contribution in [2.24, 2.45) is 0 Å². The van der Waals surface area contributed by atoms with Gasteiger partial charge in [-0.1, -0.05) is 0 Å². The first kappa shape index (κ1) is 19.0. The van der Waals surface area contributed by atoms with Gasteiger partial charge in [0.05, 0.1) is 6.33 Å². The second-order valence-electron chi connectivity index (χ2n) is 7.30. The smallest absolute Gasteiger partial charge is 0.231 e. The summed E-state index contributed by atoms with van der Waals surface area (Å²) in [7, 11) is 2.19. The third-order valence-corrected chi connectivity index (χ3v) is 7.32. The molecule has 0 radical (unpaired) electrons. The minimum absolute atomic E-state index is 0.241. The average Bonchev–Trinajstić information content (AvgIpc) is 3.42. The van der Waals surface area contributed by atoms with E-state index in [4.69, 9.17) is 20.2 Å². The summed E-state index contributed by atoms with van der Waals surface area (Å²) >= 11 is 5.05. The van der Waals surface area contributed by atoms with Crippen molar-refractivity contribution in [2.75, 3.05) is 26.1 Å². The molecule has 0 saturated carbocycles. The van der Waals surface area contributed by atoms with Gasteiger partial charge in [0, 0.05) is 22.0 Å². The van der Waals surface area contributed by atoms with E-state index in [9.17, 15) is 0 Å². The first-order valence-electron chi connectivity index (χ1n) is 9.54. The molecule has 152 valence electrons. The highest BCUT2D eigenvalue weighted by molar-refractivity contribution is 9.10. The number of benzene rings is 1. The summed E-state index contributed by atoms with van der Waals surface area (Å²) in [4.78, 5) is 17.1. The summed E-state index contributed by atoms with van der Waals surface area (Å²) < 4.78 is 13.9. The fourth-order valence-electron chi connectivity index (χ4n) is 3.85. The Bertz CT molecular complexity index is 1030. The van der Waals surface area contributed by atoms with Gasteiger partial charge in [-0.05, 0) is 72.7 Å². The maximum absolute atomic E-state index is 6.09. The summed E-state index contributed by atoms with van der Waals surface area (Å²) in [6.07, 6.45) is 5.34. The topological polar surface area (TPSA) is 91.3 Å². The predicted molar refractivity (Wildman–Crippen MR) is 114 cm³/mol. The van der Waals surface area contributed by atoms with Crippen molar-refractivity contribution in [1.82, 2.24) is 24.4 Å². The number of halogens is 1. The van der Waals surface area contributed by atoms with Gasteiger partial charge in [-0.3, -0.25) is 0 Å². The molecule has 29 heavy (non-hydrogen) atoms. The van der Waals surface area contributed by atoms with Crippen LogP contribution in [0.3, 0.4) is 0 Å². The van der Waals surface area contributed by atoms with E-state index in [2.05, 4.69) is 42.4 Å². The fourth-order valence-corrected chi connectivity index (χ4v) is 5.20. The highest BCUT2D eigenvalue weighted by Gasteiger charge is 2.24. The summed E-state index contributed by atoms with van der Waals surface area (Å²) in [6, 6.07) is 4.45. The zero-order chi connectivity index (χ0) is 20.0. The molecule has 1 fully saturated rings. The molecule has 0 amide bonds. The number of rotatable bonds is 5. The number of aromatic nitrogens is 4. The Morgan fingerprint density at radius 1 is 1.28 bits per heavy atom. The maximum atomic E-state index is 6.09. The molecule has 0 aromatic heterocycles. The van der Waals surface area contributed by atoms with E-state index < -0.39 is 0 Å². The number of likely N-dealkylation sites (tertiary alicyclic amines) is 1. The molecule has 0 spiro atoms. The van der Waals surface area contributed by atoms with Crippen LogP contribution in [0.2, 0.25) is 0 Å². The number of ether oxygens (including phenoxy) is 2. The largest absolute Gasteiger partial charge is 0.454 e. The van der Waals surface area contributed by atoms with E-state index in [-0.39, 0.29) is 6.79 Å². The van der Waals surface area contributed by atoms with E-state index in [0.29, 0.717) is 22.7 Å². The molecule has 4 aliphatic heterocycles. The average molecular weight is 477 g/mol. The van der Waals surface area contributed by atoms with Crippen LogP contribution in [0.1, 0.15) is 19.3 Å². The Hall–Kier alpha value is -2.04. The summed E-state index contributed by atoms with van der Waals surface area (Å²) in [5, 5.41) is 0.631. The standard InChI is InChI=1S/C19H21BrN6O2S/c1-25-5-2-3-11(25)4-6-26-9-22-17(21)16-18(26)24-19(23-16)29-15-8-14-13(7-12(15)20)27-10-28-14/h7-9,11H,2-6,10,21H2,1H3. The lowest BCUT2D eigenvalue weighted by atomic mass is 10.1. The van der Waals surface area contributed by atoms with Gasteiger partial charge in [0.2, 0.25) is 6.79 Å². The molecule has 8 nitrogen and oxygen atoms in total. The number of hydrogen-bond acceptors (Lipinski definition) is 8. The molecule has 1 unspecified atom stereocenters. The zero-order valence-electron chi connectivity index (χ0n) is 16.0. The van der Waals surface area contributed by atoms with Crippen molar-refractivity contribution >= 4 is 33.5 Å². The molecule has 0 aliphatic carbocycles. The van der Waals surface area contributed by atoms with Crippen LogP contribution in [0, 0.1) is 0 Å². The summed E-state index contributed by atoms with van der Waals surface area (Å²) in [5.74, 6) is 2.64. The lowest BCUT2D eigenvalue weighted by molar-refractivity contribution is 0.174. The molecular formula is C19H21BrN6O2S. The van der Waals surface area contributed by atoms with Crippen molar-refractivity contribution in [2.45, 2.75) is 41.9 Å². The molecular weight excluding hydrogens is 456 g/mol. The SMILES string of the molecule is CN1CCCC1CCn1cnc(N)c2nc(Sc3cc4c(cc3Br)OCO4)nc1-2. The first-order valence-corrected chi connectivity index (χ1v) is 11.1. The van der Waals surface area contributed by atoms with E-state index >= 15 is 0 Å². The molecule has 5 rings (SSSR count). The number of nitrogens with zero attached hydrogens (tertiary/aromatic N) is 5. The van der Waals surface area contributed by atoms with Crippen molar-refractivity contribution in [3.8, 4) is 23.0 Å². The monoisotopic (exact) mass is 476 g/mol. The van der Waals surface area contributed by atoms with Crippen LogP contribution in [0.25, 0.3) is 11.5 Å². The van der Waals surface area contributed by atoms with Gasteiger partial charge in [-0.2, -0.15) is 0 Å². The summed E-state index contributed by atoms with van der Waals surface area (Å²) in [5.41, 5.74) is 6.73. The van der Waals surface area contributed by atoms with Crippen LogP contribution < -0.4 is 15.2 Å². The Kier molecular flexibility index (Phi) is 5.00.